The molecule has 1 aliphatic rings. The molecule has 0 aliphatic carbocycles. The van der Waals surface area contributed by atoms with Gasteiger partial charge in [-0.25, -0.2) is 5.11 Å². The summed E-state index contributed by atoms with van der Waals surface area (Å²) in [5.74, 6) is 0.211. The van der Waals surface area contributed by atoms with Crippen molar-refractivity contribution in [3.05, 3.63) is 0 Å². The van der Waals surface area contributed by atoms with Gasteiger partial charge in [-0.05, 0) is 6.42 Å². The molecule has 0 aromatic heterocycles. The molecule has 0 spiro atoms. The normalized spacial score (nSPS) is 18.6. The van der Waals surface area contributed by atoms with Crippen molar-refractivity contribution < 1.29 is 14.7 Å². The smallest absolute Gasteiger partial charge is 0.301 e. The highest BCUT2D eigenvalue weighted by molar-refractivity contribution is 8.15. The highest BCUT2D eigenvalue weighted by Gasteiger charge is 2.26. The first-order valence-corrected chi connectivity index (χ1v) is 4.78. The van der Waals surface area contributed by atoms with Gasteiger partial charge in [0.15, 0.2) is 0 Å². The second-order valence-electron chi connectivity index (χ2n) is 2.49. The average molecular weight is 188 g/mol. The van der Waals surface area contributed by atoms with Crippen molar-refractivity contribution in [3.63, 3.8) is 0 Å². The minimum atomic E-state index is -0.445. The maximum atomic E-state index is 11.1. The van der Waals surface area contributed by atoms with E-state index < -0.39 is 11.0 Å². The zero-order valence-electron chi connectivity index (χ0n) is 6.62. The summed E-state index contributed by atoms with van der Waals surface area (Å²) in [6, 6.07) is 0. The third-order valence-electron chi connectivity index (χ3n) is 1.63. The molecule has 1 rings (SSSR count). The molecular formula is C7H10NO3S. The Kier molecular flexibility index (Phi) is 3.55. The summed E-state index contributed by atoms with van der Waals surface area (Å²) in [7, 11) is 0. The number of rotatable bonds is 3. The quantitative estimate of drug-likeness (QED) is 0.581. The molecule has 0 bridgehead atoms. The second-order valence-corrected chi connectivity index (χ2v) is 3.55. The van der Waals surface area contributed by atoms with Gasteiger partial charge in [0.25, 0.3) is 5.12 Å². The predicted molar refractivity (Wildman–Crippen MR) is 44.2 cm³/mol. The van der Waals surface area contributed by atoms with Crippen LogP contribution in [0.2, 0.25) is 0 Å². The highest BCUT2D eigenvalue weighted by atomic mass is 32.2. The minimum absolute atomic E-state index is 0.189. The number of hydrogen-bond donors (Lipinski definition) is 0. The third kappa shape index (κ3) is 2.22. The lowest BCUT2D eigenvalue weighted by Gasteiger charge is -2.24. The van der Waals surface area contributed by atoms with Crippen molar-refractivity contribution in [1.82, 2.24) is 4.90 Å². The molecule has 0 unspecified atom stereocenters. The van der Waals surface area contributed by atoms with E-state index in [1.54, 1.807) is 0 Å². The Morgan fingerprint density at radius 2 is 2.17 bits per heavy atom. The molecule has 1 heterocycles. The van der Waals surface area contributed by atoms with Crippen molar-refractivity contribution in [3.8, 4) is 0 Å². The number of nitrogens with zero attached hydrogens (tertiary/aromatic N) is 1. The van der Waals surface area contributed by atoms with Crippen LogP contribution in [0, 0.1) is 0 Å². The van der Waals surface area contributed by atoms with Crippen LogP contribution in [0.5, 0.6) is 0 Å². The molecule has 1 radical (unpaired) electrons. The van der Waals surface area contributed by atoms with Crippen LogP contribution < -0.4 is 0 Å². The first kappa shape index (κ1) is 9.54. The Bertz CT molecular complexity index is 195. The number of carbonyl (C=O) groups is 2. The summed E-state index contributed by atoms with van der Waals surface area (Å²) in [4.78, 5) is 23.4. The molecule has 0 N–H and O–H groups in total. The zero-order chi connectivity index (χ0) is 8.97. The van der Waals surface area contributed by atoms with E-state index in [9.17, 15) is 14.7 Å². The topological polar surface area (TPSA) is 57.3 Å². The van der Waals surface area contributed by atoms with Crippen molar-refractivity contribution in [2.45, 2.75) is 6.42 Å². The Balaban J connectivity index is 2.41. The molecule has 0 aromatic rings. The fourth-order valence-corrected chi connectivity index (χ4v) is 1.76. The number of carbonyl (C=O) groups excluding carboxylic acids is 2. The monoisotopic (exact) mass is 188 g/mol. The van der Waals surface area contributed by atoms with Crippen LogP contribution in [0.1, 0.15) is 6.42 Å². The fraction of sp³-hybridized carbons (Fsp3) is 0.714. The summed E-state index contributed by atoms with van der Waals surface area (Å²) < 4.78 is 0. The molecular weight excluding hydrogens is 178 g/mol. The molecule has 1 fully saturated rings. The summed E-state index contributed by atoms with van der Waals surface area (Å²) in [6.07, 6.45) is 0.434. The van der Waals surface area contributed by atoms with Crippen molar-refractivity contribution >= 4 is 22.8 Å². The van der Waals surface area contributed by atoms with Gasteiger partial charge in [-0.1, -0.05) is 11.8 Å². The Hall–Kier alpha value is -0.550. The molecule has 0 atom stereocenters. The number of amides is 1. The third-order valence-corrected chi connectivity index (χ3v) is 2.45. The van der Waals surface area contributed by atoms with Gasteiger partial charge in [0.2, 0.25) is 0 Å². The number of thioether (sulfide) groups is 1. The van der Waals surface area contributed by atoms with Gasteiger partial charge in [0.05, 0.1) is 6.61 Å². The van der Waals surface area contributed by atoms with E-state index in [2.05, 4.69) is 0 Å². The van der Waals surface area contributed by atoms with E-state index in [-0.39, 0.29) is 6.61 Å². The van der Waals surface area contributed by atoms with E-state index in [0.29, 0.717) is 25.3 Å². The Morgan fingerprint density at radius 3 is 2.83 bits per heavy atom. The van der Waals surface area contributed by atoms with Crippen LogP contribution in [0.15, 0.2) is 0 Å². The van der Waals surface area contributed by atoms with Gasteiger partial charge >= 0.3 is 5.91 Å². The maximum absolute atomic E-state index is 11.1. The Labute approximate surface area is 74.9 Å². The maximum Gasteiger partial charge on any atom is 0.301 e. The van der Waals surface area contributed by atoms with Gasteiger partial charge in [-0.15, -0.1) is 0 Å². The van der Waals surface area contributed by atoms with Crippen molar-refractivity contribution in [2.24, 2.45) is 0 Å². The van der Waals surface area contributed by atoms with Crippen LogP contribution >= 0.6 is 11.8 Å². The summed E-state index contributed by atoms with van der Waals surface area (Å²) in [5, 5.41) is 9.74. The van der Waals surface area contributed by atoms with Gasteiger partial charge in [0.1, 0.15) is 0 Å². The molecule has 5 heteroatoms. The predicted octanol–water partition coefficient (Wildman–Crippen LogP) is -0.0910. The molecule has 1 saturated heterocycles. The van der Waals surface area contributed by atoms with E-state index in [0.717, 1.165) is 11.8 Å². The summed E-state index contributed by atoms with van der Waals surface area (Å²) in [5.41, 5.74) is 0. The molecule has 0 saturated carbocycles. The van der Waals surface area contributed by atoms with Crippen molar-refractivity contribution in [2.75, 3.05) is 25.4 Å². The second kappa shape index (κ2) is 4.47. The lowest BCUT2D eigenvalue weighted by Crippen LogP contribution is -2.41. The SMILES string of the molecule is [O]CCCN1CCSC(=O)C1=O. The standard InChI is InChI=1S/C7H10NO3S/c9-4-1-2-8-3-5-12-7(11)6(8)10/h1-5H2. The van der Waals surface area contributed by atoms with Crippen LogP contribution in [0.25, 0.3) is 0 Å². The fourth-order valence-electron chi connectivity index (χ4n) is 1.01. The van der Waals surface area contributed by atoms with E-state index in [4.69, 9.17) is 0 Å². The van der Waals surface area contributed by atoms with Gasteiger partial charge in [-0.3, -0.25) is 9.59 Å². The summed E-state index contributed by atoms with van der Waals surface area (Å²) in [6.45, 7) is 0.828. The van der Waals surface area contributed by atoms with Crippen LogP contribution in [0.4, 0.5) is 0 Å². The summed E-state index contributed by atoms with van der Waals surface area (Å²) >= 11 is 1.06. The van der Waals surface area contributed by atoms with E-state index >= 15 is 0 Å². The molecule has 0 aromatic carbocycles. The van der Waals surface area contributed by atoms with Crippen LogP contribution in [-0.4, -0.2) is 41.4 Å². The average Bonchev–Trinajstić information content (AvgIpc) is 2.08. The largest absolute Gasteiger partial charge is 0.334 e. The van der Waals surface area contributed by atoms with E-state index in [1.807, 2.05) is 0 Å². The first-order valence-electron chi connectivity index (χ1n) is 3.80. The van der Waals surface area contributed by atoms with Gasteiger partial charge in [-0.2, -0.15) is 0 Å². The minimum Gasteiger partial charge on any atom is -0.334 e. The van der Waals surface area contributed by atoms with Crippen LogP contribution in [0.3, 0.4) is 0 Å². The number of hydrogen-bond acceptors (Lipinski definition) is 3. The highest BCUT2D eigenvalue weighted by Crippen LogP contribution is 2.12. The van der Waals surface area contributed by atoms with Gasteiger partial charge < -0.3 is 4.90 Å². The van der Waals surface area contributed by atoms with Gasteiger partial charge in [0, 0.05) is 18.8 Å². The zero-order valence-corrected chi connectivity index (χ0v) is 7.43. The molecule has 67 valence electrons. The van der Waals surface area contributed by atoms with Crippen LogP contribution in [-0.2, 0) is 14.7 Å². The molecule has 1 aliphatic heterocycles. The lowest BCUT2D eigenvalue weighted by atomic mass is 10.4. The first-order chi connectivity index (χ1) is 5.75. The molecule has 4 nitrogen and oxygen atoms in total. The Morgan fingerprint density at radius 1 is 1.42 bits per heavy atom. The molecule has 12 heavy (non-hydrogen) atoms. The molecule has 1 amide bonds. The van der Waals surface area contributed by atoms with Crippen molar-refractivity contribution in [1.29, 1.82) is 0 Å². The lowest BCUT2D eigenvalue weighted by molar-refractivity contribution is -0.140. The van der Waals surface area contributed by atoms with E-state index in [1.165, 1.54) is 4.90 Å².